The number of carbonyl (C=O) groups is 2. The monoisotopic (exact) mass is 476 g/mol. The second-order valence-electron chi connectivity index (χ2n) is 8.27. The Labute approximate surface area is 195 Å². The van der Waals surface area contributed by atoms with E-state index in [1.165, 1.54) is 7.11 Å². The number of carbonyl (C=O) groups excluding carboxylic acids is 1. The molecular formula is C21H28N6O5S. The Morgan fingerprint density at radius 1 is 1.06 bits per heavy atom. The number of aliphatic hydroxyl groups is 1. The van der Waals surface area contributed by atoms with Gasteiger partial charge in [-0.25, -0.2) is 9.78 Å². The van der Waals surface area contributed by atoms with Gasteiger partial charge in [-0.3, -0.25) is 10.1 Å². The van der Waals surface area contributed by atoms with Gasteiger partial charge >= 0.3 is 11.9 Å². The lowest BCUT2D eigenvalue weighted by Crippen LogP contribution is -2.38. The number of methoxy groups -OCH3 is 1. The molecule has 2 aliphatic heterocycles. The minimum atomic E-state index is -1.02. The summed E-state index contributed by atoms with van der Waals surface area (Å²) in [7, 11) is 1.41. The Morgan fingerprint density at radius 3 is 2.15 bits per heavy atom. The van der Waals surface area contributed by atoms with Gasteiger partial charge in [-0.2, -0.15) is 9.97 Å². The number of hydrogen-bond acceptors (Lipinski definition) is 11. The number of rotatable bonds is 6. The van der Waals surface area contributed by atoms with Gasteiger partial charge in [0.2, 0.25) is 5.95 Å². The minimum Gasteiger partial charge on any atom is -0.477 e. The summed E-state index contributed by atoms with van der Waals surface area (Å²) in [5, 5.41) is 22.7. The Morgan fingerprint density at radius 2 is 1.64 bits per heavy atom. The fourth-order valence-electron chi connectivity index (χ4n) is 4.15. The van der Waals surface area contributed by atoms with Crippen LogP contribution in [-0.2, 0) is 9.53 Å². The van der Waals surface area contributed by atoms with Crippen LogP contribution in [0.3, 0.4) is 0 Å². The highest BCUT2D eigenvalue weighted by Crippen LogP contribution is 2.30. The number of carboxylic acids is 1. The van der Waals surface area contributed by atoms with Crippen LogP contribution in [0.15, 0.2) is 6.07 Å². The summed E-state index contributed by atoms with van der Waals surface area (Å²) in [6.07, 6.45) is 2.39. The molecule has 11 nitrogen and oxygen atoms in total. The van der Waals surface area contributed by atoms with Crippen LogP contribution in [0.1, 0.15) is 41.0 Å². The van der Waals surface area contributed by atoms with E-state index in [-0.39, 0.29) is 22.9 Å². The minimum absolute atomic E-state index is 0.110. The Balaban J connectivity index is 1.59. The van der Waals surface area contributed by atoms with Gasteiger partial charge in [-0.1, -0.05) is 11.3 Å². The van der Waals surface area contributed by atoms with Crippen molar-refractivity contribution in [3.63, 3.8) is 0 Å². The molecule has 4 heterocycles. The van der Waals surface area contributed by atoms with E-state index in [1.807, 2.05) is 6.07 Å². The van der Waals surface area contributed by atoms with Crippen LogP contribution < -0.4 is 15.1 Å². The normalized spacial score (nSPS) is 17.8. The Kier molecular flexibility index (Phi) is 6.94. The van der Waals surface area contributed by atoms with Gasteiger partial charge in [-0.15, -0.1) is 0 Å². The molecule has 0 spiro atoms. The number of carboxylic acid groups (broad SMARTS) is 1. The number of aliphatic hydroxyl groups excluding tert-OH is 1. The van der Waals surface area contributed by atoms with Crippen LogP contribution in [-0.4, -0.2) is 76.5 Å². The van der Waals surface area contributed by atoms with Gasteiger partial charge in [-0.05, 0) is 32.6 Å². The third-order valence-electron chi connectivity index (χ3n) is 6.05. The number of aromatic carboxylic acids is 1. The molecule has 0 bridgehead atoms. The Bertz CT molecular complexity index is 1010. The van der Waals surface area contributed by atoms with E-state index >= 15 is 0 Å². The van der Waals surface area contributed by atoms with Crippen molar-refractivity contribution >= 4 is 46.0 Å². The second-order valence-corrected chi connectivity index (χ2v) is 9.27. The second kappa shape index (κ2) is 9.87. The number of ether oxygens (including phenoxy) is 1. The fourth-order valence-corrected chi connectivity index (χ4v) is 4.95. The molecule has 33 heavy (non-hydrogen) atoms. The molecule has 0 aromatic carbocycles. The molecule has 2 fully saturated rings. The van der Waals surface area contributed by atoms with Crippen LogP contribution in [0.2, 0.25) is 0 Å². The zero-order valence-corrected chi connectivity index (χ0v) is 19.5. The SMILES string of the molecule is COC(=O)C1CCN(c2cc(N3CCC(O)CC3)nc(Nc3nc(C)c(C(=O)O)s3)n2)CC1. The molecule has 12 heteroatoms. The van der Waals surface area contributed by atoms with Gasteiger partial charge < -0.3 is 24.7 Å². The van der Waals surface area contributed by atoms with Gasteiger partial charge in [0.15, 0.2) is 5.13 Å². The lowest BCUT2D eigenvalue weighted by atomic mass is 9.97. The van der Waals surface area contributed by atoms with Crippen LogP contribution in [0.25, 0.3) is 0 Å². The summed E-state index contributed by atoms with van der Waals surface area (Å²) in [5.41, 5.74) is 0.432. The lowest BCUT2D eigenvalue weighted by molar-refractivity contribution is -0.146. The van der Waals surface area contributed by atoms with E-state index in [4.69, 9.17) is 4.74 Å². The molecule has 0 atom stereocenters. The number of thiazole rings is 1. The molecule has 0 aliphatic carbocycles. The van der Waals surface area contributed by atoms with Gasteiger partial charge in [0.05, 0.1) is 24.8 Å². The molecule has 0 saturated carbocycles. The maximum atomic E-state index is 11.9. The predicted octanol–water partition coefficient (Wildman–Crippen LogP) is 2.03. The number of esters is 1. The summed E-state index contributed by atoms with van der Waals surface area (Å²) in [5.74, 6) is 0.477. The first-order valence-electron chi connectivity index (χ1n) is 11.0. The van der Waals surface area contributed by atoms with E-state index in [9.17, 15) is 19.8 Å². The van der Waals surface area contributed by atoms with Crippen LogP contribution in [0.5, 0.6) is 0 Å². The van der Waals surface area contributed by atoms with Crippen molar-refractivity contribution in [2.24, 2.45) is 5.92 Å². The molecule has 178 valence electrons. The third kappa shape index (κ3) is 5.33. The van der Waals surface area contributed by atoms with Crippen molar-refractivity contribution in [2.75, 3.05) is 48.4 Å². The van der Waals surface area contributed by atoms with Crippen molar-refractivity contribution in [1.82, 2.24) is 15.0 Å². The standard InChI is InChI=1S/C21H28N6O5S/c1-12-17(18(29)30)33-21(22-12)25-20-23-15(26-7-3-13(4-8-26)19(31)32-2)11-16(24-20)27-9-5-14(28)6-10-27/h11,13-14,28H,3-10H2,1-2H3,(H,29,30)(H,22,23,24,25). The first-order valence-corrected chi connectivity index (χ1v) is 11.8. The van der Waals surface area contributed by atoms with Gasteiger partial charge in [0.1, 0.15) is 16.5 Å². The van der Waals surface area contributed by atoms with Crippen LogP contribution in [0.4, 0.5) is 22.7 Å². The van der Waals surface area contributed by atoms with E-state index in [0.29, 0.717) is 68.6 Å². The highest BCUT2D eigenvalue weighted by molar-refractivity contribution is 7.17. The van der Waals surface area contributed by atoms with E-state index in [1.54, 1.807) is 6.92 Å². The quantitative estimate of drug-likeness (QED) is 0.527. The number of nitrogens with one attached hydrogen (secondary N) is 1. The molecule has 4 rings (SSSR count). The smallest absolute Gasteiger partial charge is 0.347 e. The molecule has 2 aromatic heterocycles. The number of nitrogens with zero attached hydrogens (tertiary/aromatic N) is 5. The molecule has 0 unspecified atom stereocenters. The summed E-state index contributed by atoms with van der Waals surface area (Å²) in [6.45, 7) is 4.34. The molecule has 2 saturated heterocycles. The highest BCUT2D eigenvalue weighted by Gasteiger charge is 2.28. The lowest BCUT2D eigenvalue weighted by Gasteiger charge is -2.34. The number of aryl methyl sites for hydroxylation is 1. The van der Waals surface area contributed by atoms with E-state index < -0.39 is 5.97 Å². The summed E-state index contributed by atoms with van der Waals surface area (Å²) in [6, 6.07) is 1.93. The molecular weight excluding hydrogens is 448 g/mol. The summed E-state index contributed by atoms with van der Waals surface area (Å²) >= 11 is 1.04. The molecule has 2 aliphatic rings. The van der Waals surface area contributed by atoms with Crippen molar-refractivity contribution in [3.05, 3.63) is 16.6 Å². The van der Waals surface area contributed by atoms with Crippen molar-refractivity contribution in [3.8, 4) is 0 Å². The summed E-state index contributed by atoms with van der Waals surface area (Å²) in [4.78, 5) is 41.3. The molecule has 0 amide bonds. The van der Waals surface area contributed by atoms with Crippen LogP contribution in [0, 0.1) is 12.8 Å². The van der Waals surface area contributed by atoms with Crippen molar-refractivity contribution in [1.29, 1.82) is 0 Å². The largest absolute Gasteiger partial charge is 0.477 e. The summed E-state index contributed by atoms with van der Waals surface area (Å²) < 4.78 is 4.88. The zero-order chi connectivity index (χ0) is 23.5. The fraction of sp³-hybridized carbons (Fsp3) is 0.571. The average molecular weight is 477 g/mol. The molecule has 2 aromatic rings. The topological polar surface area (TPSA) is 141 Å². The Hall–Kier alpha value is -2.99. The number of hydrogen-bond donors (Lipinski definition) is 3. The third-order valence-corrected chi connectivity index (χ3v) is 7.11. The molecule has 0 radical (unpaired) electrons. The van der Waals surface area contributed by atoms with E-state index in [2.05, 4.69) is 30.1 Å². The van der Waals surface area contributed by atoms with Gasteiger partial charge in [0, 0.05) is 32.2 Å². The maximum Gasteiger partial charge on any atom is 0.347 e. The first kappa shape index (κ1) is 23.2. The van der Waals surface area contributed by atoms with Crippen molar-refractivity contribution < 1.29 is 24.5 Å². The van der Waals surface area contributed by atoms with Gasteiger partial charge in [0.25, 0.3) is 0 Å². The first-order chi connectivity index (χ1) is 15.8. The average Bonchev–Trinajstić information content (AvgIpc) is 3.19. The highest BCUT2D eigenvalue weighted by atomic mass is 32.1. The number of piperidine rings is 2. The van der Waals surface area contributed by atoms with Crippen LogP contribution >= 0.6 is 11.3 Å². The predicted molar refractivity (Wildman–Crippen MR) is 124 cm³/mol. The maximum absolute atomic E-state index is 11.9. The number of aromatic nitrogens is 3. The zero-order valence-electron chi connectivity index (χ0n) is 18.7. The van der Waals surface area contributed by atoms with E-state index in [0.717, 1.165) is 23.0 Å². The molecule has 3 N–H and O–H groups in total. The van der Waals surface area contributed by atoms with Crippen molar-refractivity contribution in [2.45, 2.75) is 38.7 Å². The number of anilines is 4.